The number of carboxylic acid groups (broad SMARTS) is 1. The molecule has 3 aliphatic rings. The Kier molecular flexibility index (Phi) is 15.7. The molecule has 0 bridgehead atoms. The van der Waals surface area contributed by atoms with Crippen LogP contribution in [-0.2, 0) is 31.6 Å². The van der Waals surface area contributed by atoms with Crippen LogP contribution in [-0.4, -0.2) is 47.8 Å². The summed E-state index contributed by atoms with van der Waals surface area (Å²) in [4.78, 5) is 56.2. The molecule has 0 atom stereocenters. The Labute approximate surface area is 459 Å². The summed E-state index contributed by atoms with van der Waals surface area (Å²) in [5.74, 6) is -1.95. The van der Waals surface area contributed by atoms with Gasteiger partial charge in [0.2, 0.25) is 0 Å². The maximum Gasteiger partial charge on any atom is 0.418 e. The molecule has 3 fully saturated rings. The van der Waals surface area contributed by atoms with E-state index < -0.39 is 53.0 Å². The number of rotatable bonds is 10. The van der Waals surface area contributed by atoms with Crippen molar-refractivity contribution in [1.82, 2.24) is 35.6 Å². The first-order valence-corrected chi connectivity index (χ1v) is 25.9. The molecule has 80 heavy (non-hydrogen) atoms. The maximum absolute atomic E-state index is 13.7. The number of hydrogen-bond donors (Lipinski definition) is 3. The molecule has 12 nitrogen and oxygen atoms in total. The number of carbonyl (C=O) groups is 3. The van der Waals surface area contributed by atoms with Gasteiger partial charge in [-0.1, -0.05) is 0 Å². The summed E-state index contributed by atoms with van der Waals surface area (Å²) in [7, 11) is 0. The quantitative estimate of drug-likeness (QED) is 0.111. The lowest BCUT2D eigenvalue weighted by molar-refractivity contribution is -0.137. The molecule has 3 saturated carbocycles. The van der Waals surface area contributed by atoms with Gasteiger partial charge in [-0.15, -0.1) is 0 Å². The molecular formula is C58H46BrF9N8O4. The van der Waals surface area contributed by atoms with Crippen molar-refractivity contribution in [2.24, 2.45) is 0 Å². The fraction of sp³-hybridized carbons (Fsp3) is 0.293. The van der Waals surface area contributed by atoms with Gasteiger partial charge in [0.15, 0.2) is 0 Å². The number of nitriles is 1. The number of carboxylic acids is 1. The smallest absolute Gasteiger partial charge is 0.418 e. The molecule has 0 unspecified atom stereocenters. The van der Waals surface area contributed by atoms with E-state index in [0.29, 0.717) is 66.5 Å². The Morgan fingerprint density at radius 3 is 1.20 bits per heavy atom. The number of alkyl halides is 9. The van der Waals surface area contributed by atoms with Crippen molar-refractivity contribution < 1.29 is 59.0 Å². The first kappa shape index (κ1) is 56.7. The number of hydrogen-bond acceptors (Lipinski definition) is 9. The second-order valence-electron chi connectivity index (χ2n) is 20.0. The zero-order valence-electron chi connectivity index (χ0n) is 42.7. The van der Waals surface area contributed by atoms with Crippen molar-refractivity contribution in [3.63, 3.8) is 0 Å². The van der Waals surface area contributed by atoms with E-state index in [1.165, 1.54) is 30.5 Å². The summed E-state index contributed by atoms with van der Waals surface area (Å²) in [5, 5.41) is 24.3. The largest absolute Gasteiger partial charge is 0.477 e. The number of aromatic nitrogens is 5. The Morgan fingerprint density at radius 1 is 0.550 bits per heavy atom. The van der Waals surface area contributed by atoms with E-state index in [2.05, 4.69) is 51.5 Å². The van der Waals surface area contributed by atoms with Gasteiger partial charge in [0.05, 0.1) is 63.3 Å². The Balaban J connectivity index is 0.000000148. The monoisotopic (exact) mass is 1170 g/mol. The summed E-state index contributed by atoms with van der Waals surface area (Å²) < 4.78 is 123. The molecule has 5 heterocycles. The van der Waals surface area contributed by atoms with E-state index in [1.54, 1.807) is 69.4 Å². The number of pyridine rings is 5. The molecule has 3 aromatic carbocycles. The highest BCUT2D eigenvalue weighted by Crippen LogP contribution is 2.47. The molecule has 2 amide bonds. The van der Waals surface area contributed by atoms with Gasteiger partial charge >= 0.3 is 24.5 Å². The van der Waals surface area contributed by atoms with E-state index in [9.17, 15) is 53.9 Å². The lowest BCUT2D eigenvalue weighted by atomic mass is 9.98. The molecule has 8 aromatic rings. The number of amides is 2. The van der Waals surface area contributed by atoms with Gasteiger partial charge < -0.3 is 15.7 Å². The molecule has 22 heteroatoms. The summed E-state index contributed by atoms with van der Waals surface area (Å²) in [6.45, 7) is 5.20. The Hall–Kier alpha value is -8.06. The minimum absolute atomic E-state index is 0.0446. The zero-order valence-corrected chi connectivity index (χ0v) is 44.3. The second kappa shape index (κ2) is 22.2. The average Bonchev–Trinajstić information content (AvgIpc) is 4.31. The fourth-order valence-electron chi connectivity index (χ4n) is 9.12. The Bertz CT molecular complexity index is 3800. The van der Waals surface area contributed by atoms with E-state index >= 15 is 0 Å². The van der Waals surface area contributed by atoms with Crippen LogP contribution < -0.4 is 10.6 Å². The summed E-state index contributed by atoms with van der Waals surface area (Å²) in [5.41, 5.74) is 1.56. The Morgan fingerprint density at radius 2 is 0.900 bits per heavy atom. The number of benzene rings is 3. The van der Waals surface area contributed by atoms with Crippen molar-refractivity contribution in [1.29, 1.82) is 5.26 Å². The third-order valence-electron chi connectivity index (χ3n) is 13.8. The van der Waals surface area contributed by atoms with Gasteiger partial charge in [0, 0.05) is 33.0 Å². The third kappa shape index (κ3) is 13.2. The van der Waals surface area contributed by atoms with Gasteiger partial charge in [0.25, 0.3) is 11.8 Å². The van der Waals surface area contributed by atoms with Crippen LogP contribution in [0, 0.1) is 32.1 Å². The molecule has 11 rings (SSSR count). The van der Waals surface area contributed by atoms with Crippen molar-refractivity contribution in [2.75, 3.05) is 0 Å². The molecule has 412 valence electrons. The third-order valence-corrected chi connectivity index (χ3v) is 14.2. The molecule has 0 spiro atoms. The van der Waals surface area contributed by atoms with Crippen LogP contribution >= 0.6 is 15.9 Å². The van der Waals surface area contributed by atoms with Crippen molar-refractivity contribution in [3.05, 3.63) is 180 Å². The molecule has 3 aliphatic carbocycles. The van der Waals surface area contributed by atoms with Crippen molar-refractivity contribution in [2.45, 2.75) is 109 Å². The number of aromatic carboxylic acids is 1. The van der Waals surface area contributed by atoms with Crippen LogP contribution in [0.25, 0.3) is 32.7 Å². The predicted molar refractivity (Wildman–Crippen MR) is 281 cm³/mol. The number of nitrogens with one attached hydrogen (secondary N) is 2. The molecule has 0 radical (unpaired) electrons. The lowest BCUT2D eigenvalue weighted by Gasteiger charge is -2.15. The SMILES string of the molecule is Cc1cc(C(=O)NCc2ccc(Br)cn2)nc2c(C(F)(F)F)cc(C3CC3)cc12.Cc1cc(C(=O)NCc2ccc(C#N)cn2)nc2c(C(F)(F)F)cc(C3CC3)cc12.Cc1cc(C(=O)O)nc2c(C(F)(F)F)cc(C3CC3)cc12. The summed E-state index contributed by atoms with van der Waals surface area (Å²) in [6, 6.07) is 21.7. The van der Waals surface area contributed by atoms with Crippen LogP contribution in [0.3, 0.4) is 0 Å². The normalized spacial score (nSPS) is 14.4. The van der Waals surface area contributed by atoms with E-state index in [4.69, 9.17) is 10.4 Å². The average molecular weight is 1170 g/mol. The summed E-state index contributed by atoms with van der Waals surface area (Å²) >= 11 is 3.28. The van der Waals surface area contributed by atoms with E-state index in [-0.39, 0.29) is 64.5 Å². The first-order chi connectivity index (χ1) is 37.7. The number of carbonyl (C=O) groups excluding carboxylic acids is 2. The maximum atomic E-state index is 13.7. The molecule has 0 saturated heterocycles. The lowest BCUT2D eigenvalue weighted by Crippen LogP contribution is -2.24. The number of fused-ring (bicyclic) bond motifs is 3. The highest BCUT2D eigenvalue weighted by atomic mass is 79.9. The van der Waals surface area contributed by atoms with Crippen LogP contribution in [0.5, 0.6) is 0 Å². The molecule has 0 aliphatic heterocycles. The minimum Gasteiger partial charge on any atom is -0.477 e. The van der Waals surface area contributed by atoms with E-state index in [0.717, 1.165) is 55.1 Å². The van der Waals surface area contributed by atoms with Gasteiger partial charge in [-0.05, 0) is 205 Å². The van der Waals surface area contributed by atoms with Gasteiger partial charge in [-0.2, -0.15) is 44.8 Å². The minimum atomic E-state index is -4.57. The summed E-state index contributed by atoms with van der Waals surface area (Å²) in [6.07, 6.45) is -5.31. The van der Waals surface area contributed by atoms with E-state index in [1.807, 2.05) is 6.07 Å². The zero-order chi connectivity index (χ0) is 57.6. The van der Waals surface area contributed by atoms with Gasteiger partial charge in [0.1, 0.15) is 23.2 Å². The standard InChI is InChI=1S/C22H17F3N4O.C21H17BrF3N3O.C15H12F3NO2/c1-12-6-19(21(30)28-11-16-5-2-13(9-26)10-27-16)29-20-17(12)7-15(14-3-4-14)8-18(20)22(23,24)25;1-11-6-18(20(29)27-10-15-5-4-14(22)9-26-15)28-19-16(11)7-13(12-2-3-12)8-17(19)21(23,24)25;1-7-4-12(14(20)21)19-13-10(7)5-9(8-2-3-8)6-11(13)15(16,17)18/h2,5-8,10,14H,3-4,11H2,1H3,(H,28,30);4-9,12H,2-3,10H2,1H3,(H,27,29);4-6,8H,2-3H2,1H3,(H,20,21). The highest BCUT2D eigenvalue weighted by molar-refractivity contribution is 9.10. The van der Waals surface area contributed by atoms with Crippen molar-refractivity contribution in [3.8, 4) is 6.07 Å². The first-order valence-electron chi connectivity index (χ1n) is 25.1. The second-order valence-corrected chi connectivity index (χ2v) is 20.9. The van der Waals surface area contributed by atoms with Crippen LogP contribution in [0.4, 0.5) is 39.5 Å². The van der Waals surface area contributed by atoms with Crippen LogP contribution in [0.1, 0.15) is 155 Å². The van der Waals surface area contributed by atoms with Crippen LogP contribution in [0.15, 0.2) is 95.7 Å². The molecule has 5 aromatic heterocycles. The number of nitrogens with zero attached hydrogens (tertiary/aromatic N) is 6. The van der Waals surface area contributed by atoms with Crippen molar-refractivity contribution >= 4 is 66.4 Å². The number of halogens is 10. The molecular weight excluding hydrogens is 1120 g/mol. The number of aryl methyl sites for hydroxylation is 3. The predicted octanol–water partition coefficient (Wildman–Crippen LogP) is 14.3. The topological polar surface area (TPSA) is 184 Å². The highest BCUT2D eigenvalue weighted by Gasteiger charge is 2.39. The molecule has 3 N–H and O–H groups in total. The fourth-order valence-corrected chi connectivity index (χ4v) is 9.35. The van der Waals surface area contributed by atoms with Gasteiger partial charge in [-0.25, -0.2) is 19.7 Å². The van der Waals surface area contributed by atoms with Crippen LogP contribution in [0.2, 0.25) is 0 Å². The van der Waals surface area contributed by atoms with Gasteiger partial charge in [-0.3, -0.25) is 19.6 Å².